The van der Waals surface area contributed by atoms with Gasteiger partial charge >= 0.3 is 5.97 Å². The molecule has 4 rings (SSSR count). The fourth-order valence-corrected chi connectivity index (χ4v) is 7.69. The van der Waals surface area contributed by atoms with Crippen molar-refractivity contribution < 1.29 is 19.4 Å². The van der Waals surface area contributed by atoms with E-state index < -0.39 is 11.0 Å². The standard InChI is InChI=1S/C22H32O4/c1-14-18(24)21-10-6-16-19(3,13-26-15(2)23)8-5-9-20(16,4)17(21)7-11-22(14,25)12-21/h16-17,25H,1,5-13H2,2-4H3/t16-,17+,19+,20-,21-,22+/m1/s1. The zero-order valence-electron chi connectivity index (χ0n) is 16.4. The van der Waals surface area contributed by atoms with Crippen LogP contribution in [-0.2, 0) is 14.3 Å². The maximum absolute atomic E-state index is 13.2. The molecule has 4 heteroatoms. The van der Waals surface area contributed by atoms with Crippen molar-refractivity contribution in [1.82, 2.24) is 0 Å². The van der Waals surface area contributed by atoms with Crippen LogP contribution in [0.4, 0.5) is 0 Å². The van der Waals surface area contributed by atoms with Crippen molar-refractivity contribution in [2.75, 3.05) is 6.61 Å². The summed E-state index contributed by atoms with van der Waals surface area (Å²) in [5.74, 6) is 0.675. The number of fused-ring (bicyclic) bond motifs is 3. The number of esters is 1. The summed E-state index contributed by atoms with van der Waals surface area (Å²) < 4.78 is 5.47. The zero-order valence-corrected chi connectivity index (χ0v) is 16.4. The van der Waals surface area contributed by atoms with Crippen LogP contribution in [0.5, 0.6) is 0 Å². The van der Waals surface area contributed by atoms with Crippen molar-refractivity contribution in [2.24, 2.45) is 28.1 Å². The Hall–Kier alpha value is -1.16. The van der Waals surface area contributed by atoms with Crippen molar-refractivity contribution in [3.63, 3.8) is 0 Å². The molecule has 4 fully saturated rings. The summed E-state index contributed by atoms with van der Waals surface area (Å²) in [4.78, 5) is 24.6. The second-order valence-electron chi connectivity index (χ2n) is 10.1. The van der Waals surface area contributed by atoms with Gasteiger partial charge in [-0.05, 0) is 62.2 Å². The molecule has 2 bridgehead atoms. The van der Waals surface area contributed by atoms with Gasteiger partial charge < -0.3 is 9.84 Å². The summed E-state index contributed by atoms with van der Waals surface area (Å²) in [7, 11) is 0. The minimum atomic E-state index is -0.966. The second-order valence-corrected chi connectivity index (χ2v) is 10.1. The van der Waals surface area contributed by atoms with Gasteiger partial charge in [-0.3, -0.25) is 9.59 Å². The Balaban J connectivity index is 1.70. The molecule has 0 aliphatic heterocycles. The minimum absolute atomic E-state index is 0.0211. The summed E-state index contributed by atoms with van der Waals surface area (Å²) in [6.45, 7) is 10.6. The molecule has 4 saturated carbocycles. The Morgan fingerprint density at radius 1 is 1.19 bits per heavy atom. The quantitative estimate of drug-likeness (QED) is 0.601. The molecule has 6 atom stereocenters. The number of carbonyl (C=O) groups excluding carboxylic acids is 2. The molecule has 0 amide bonds. The lowest BCUT2D eigenvalue weighted by molar-refractivity contribution is -0.182. The Labute approximate surface area is 156 Å². The summed E-state index contributed by atoms with van der Waals surface area (Å²) in [6, 6.07) is 0. The van der Waals surface area contributed by atoms with E-state index in [2.05, 4.69) is 20.4 Å². The normalized spacial score (nSPS) is 50.2. The van der Waals surface area contributed by atoms with Crippen LogP contribution in [-0.4, -0.2) is 29.1 Å². The average Bonchev–Trinajstić information content (AvgIpc) is 2.70. The first-order valence-electron chi connectivity index (χ1n) is 10.2. The van der Waals surface area contributed by atoms with Crippen LogP contribution in [0.25, 0.3) is 0 Å². The van der Waals surface area contributed by atoms with Gasteiger partial charge in [-0.1, -0.05) is 26.8 Å². The number of rotatable bonds is 2. The lowest BCUT2D eigenvalue weighted by Gasteiger charge is -2.63. The molecule has 0 saturated heterocycles. The van der Waals surface area contributed by atoms with Gasteiger partial charge in [0.05, 0.1) is 12.2 Å². The second kappa shape index (κ2) is 5.43. The molecule has 0 aromatic heterocycles. The van der Waals surface area contributed by atoms with Gasteiger partial charge in [0, 0.05) is 23.3 Å². The molecule has 26 heavy (non-hydrogen) atoms. The number of ketones is 1. The topological polar surface area (TPSA) is 63.6 Å². The van der Waals surface area contributed by atoms with E-state index in [-0.39, 0.29) is 22.6 Å². The highest BCUT2D eigenvalue weighted by atomic mass is 16.5. The first-order chi connectivity index (χ1) is 12.1. The van der Waals surface area contributed by atoms with E-state index in [1.54, 1.807) is 0 Å². The molecular weight excluding hydrogens is 328 g/mol. The summed E-state index contributed by atoms with van der Waals surface area (Å²) in [5, 5.41) is 10.9. The lowest BCUT2D eigenvalue weighted by Crippen LogP contribution is -2.59. The van der Waals surface area contributed by atoms with Crippen molar-refractivity contribution in [1.29, 1.82) is 0 Å². The Morgan fingerprint density at radius 2 is 1.88 bits per heavy atom. The third-order valence-electron chi connectivity index (χ3n) is 8.79. The minimum Gasteiger partial charge on any atom is -0.465 e. The van der Waals surface area contributed by atoms with Gasteiger partial charge in [0.25, 0.3) is 0 Å². The van der Waals surface area contributed by atoms with Crippen LogP contribution in [0.1, 0.15) is 72.1 Å². The molecule has 4 aliphatic rings. The van der Waals surface area contributed by atoms with Gasteiger partial charge in [-0.15, -0.1) is 0 Å². The van der Waals surface area contributed by atoms with Crippen LogP contribution in [0.3, 0.4) is 0 Å². The number of hydrogen-bond acceptors (Lipinski definition) is 4. The molecule has 0 radical (unpaired) electrons. The SMILES string of the molecule is C=C1C(=O)[C@@]23CC[C@@H]4[C@](C)(COC(C)=O)CCC[C@@]4(C)[C@@H]2CC[C@]1(O)C3. The highest BCUT2D eigenvalue weighted by molar-refractivity contribution is 6.04. The predicted molar refractivity (Wildman–Crippen MR) is 98.3 cm³/mol. The summed E-state index contributed by atoms with van der Waals surface area (Å²) in [5.41, 5.74) is -0.873. The van der Waals surface area contributed by atoms with Crippen LogP contribution in [0.15, 0.2) is 12.2 Å². The van der Waals surface area contributed by atoms with E-state index >= 15 is 0 Å². The van der Waals surface area contributed by atoms with E-state index in [0.29, 0.717) is 36.9 Å². The molecule has 4 nitrogen and oxygen atoms in total. The fourth-order valence-electron chi connectivity index (χ4n) is 7.69. The molecule has 144 valence electrons. The molecular formula is C22H32O4. The first-order valence-corrected chi connectivity index (χ1v) is 10.2. The molecule has 0 unspecified atom stereocenters. The first kappa shape index (κ1) is 18.2. The van der Waals surface area contributed by atoms with E-state index in [0.717, 1.165) is 38.5 Å². The summed E-state index contributed by atoms with van der Waals surface area (Å²) >= 11 is 0. The van der Waals surface area contributed by atoms with Gasteiger partial charge in [-0.2, -0.15) is 0 Å². The van der Waals surface area contributed by atoms with E-state index in [1.807, 2.05) is 0 Å². The fraction of sp³-hybridized carbons (Fsp3) is 0.818. The van der Waals surface area contributed by atoms with Crippen LogP contribution >= 0.6 is 0 Å². The number of ether oxygens (including phenoxy) is 1. The van der Waals surface area contributed by atoms with Crippen LogP contribution in [0.2, 0.25) is 0 Å². The zero-order chi connectivity index (χ0) is 19.0. The lowest BCUT2D eigenvalue weighted by atomic mass is 9.41. The smallest absolute Gasteiger partial charge is 0.302 e. The predicted octanol–water partition coefficient (Wildman–Crippen LogP) is 3.81. The highest BCUT2D eigenvalue weighted by Crippen LogP contribution is 2.71. The van der Waals surface area contributed by atoms with Gasteiger partial charge in [0.1, 0.15) is 0 Å². The van der Waals surface area contributed by atoms with Gasteiger partial charge in [0.2, 0.25) is 0 Å². The third kappa shape index (κ3) is 2.17. The number of hydrogen-bond donors (Lipinski definition) is 1. The largest absolute Gasteiger partial charge is 0.465 e. The van der Waals surface area contributed by atoms with Crippen molar-refractivity contribution in [3.05, 3.63) is 12.2 Å². The summed E-state index contributed by atoms with van der Waals surface area (Å²) in [6.07, 6.45) is 7.25. The van der Waals surface area contributed by atoms with E-state index in [1.165, 1.54) is 6.92 Å². The molecule has 0 aromatic carbocycles. The number of carbonyl (C=O) groups is 2. The molecule has 0 aromatic rings. The number of aliphatic hydroxyl groups is 1. The van der Waals surface area contributed by atoms with Crippen LogP contribution in [0, 0.1) is 28.1 Å². The molecule has 4 aliphatic carbocycles. The Bertz CT molecular complexity index is 684. The third-order valence-corrected chi connectivity index (χ3v) is 8.79. The van der Waals surface area contributed by atoms with Crippen molar-refractivity contribution >= 4 is 11.8 Å². The van der Waals surface area contributed by atoms with E-state index in [4.69, 9.17) is 4.74 Å². The van der Waals surface area contributed by atoms with Gasteiger partial charge in [-0.25, -0.2) is 0 Å². The van der Waals surface area contributed by atoms with Crippen LogP contribution < -0.4 is 0 Å². The average molecular weight is 360 g/mol. The molecule has 1 N–H and O–H groups in total. The monoisotopic (exact) mass is 360 g/mol. The van der Waals surface area contributed by atoms with Gasteiger partial charge in [0.15, 0.2) is 5.78 Å². The molecule has 1 spiro atoms. The highest BCUT2D eigenvalue weighted by Gasteiger charge is 2.70. The van der Waals surface area contributed by atoms with Crippen molar-refractivity contribution in [2.45, 2.75) is 77.7 Å². The van der Waals surface area contributed by atoms with E-state index in [9.17, 15) is 14.7 Å². The van der Waals surface area contributed by atoms with Crippen molar-refractivity contribution in [3.8, 4) is 0 Å². The number of Topliss-reactive ketones (excluding diaryl/α,β-unsaturated/α-hetero) is 1. The molecule has 0 heterocycles. The Morgan fingerprint density at radius 3 is 2.58 bits per heavy atom. The maximum atomic E-state index is 13.2. The Kier molecular flexibility index (Phi) is 3.81. The maximum Gasteiger partial charge on any atom is 0.302 e.